The minimum absolute atomic E-state index is 0.216. The third kappa shape index (κ3) is 5.17. The highest BCUT2D eigenvalue weighted by Crippen LogP contribution is 2.37. The fourth-order valence-corrected chi connectivity index (χ4v) is 8.32. The molecule has 1 amide bonds. The summed E-state index contributed by atoms with van der Waals surface area (Å²) in [6, 6.07) is 6.34. The van der Waals surface area contributed by atoms with E-state index in [4.69, 9.17) is 16.6 Å². The van der Waals surface area contributed by atoms with Gasteiger partial charge in [0.25, 0.3) is 10.0 Å². The zero-order chi connectivity index (χ0) is 24.5. The fraction of sp³-hybridized carbons (Fsp3) is 0.478. The third-order valence-corrected chi connectivity index (χ3v) is 10.8. The molecule has 1 aliphatic heterocycles. The van der Waals surface area contributed by atoms with E-state index in [1.807, 2.05) is 33.2 Å². The molecule has 1 fully saturated rings. The number of thiazole rings is 1. The predicted octanol–water partition coefficient (Wildman–Crippen LogP) is 4.85. The van der Waals surface area contributed by atoms with Gasteiger partial charge in [-0.15, -0.1) is 11.3 Å². The van der Waals surface area contributed by atoms with Gasteiger partial charge in [-0.1, -0.05) is 41.5 Å². The van der Waals surface area contributed by atoms with Crippen LogP contribution in [-0.4, -0.2) is 68.3 Å². The highest BCUT2D eigenvalue weighted by molar-refractivity contribution is 7.91. The van der Waals surface area contributed by atoms with E-state index in [0.29, 0.717) is 29.7 Å². The fourth-order valence-electron chi connectivity index (χ4n) is 4.20. The Morgan fingerprint density at radius 2 is 2.03 bits per heavy atom. The first-order chi connectivity index (χ1) is 16.2. The summed E-state index contributed by atoms with van der Waals surface area (Å²) in [5.74, 6) is -0.216. The number of nitrogens with zero attached hydrogens (tertiary/aromatic N) is 4. The van der Waals surface area contributed by atoms with Gasteiger partial charge in [0.2, 0.25) is 5.91 Å². The molecule has 0 N–H and O–H groups in total. The number of anilines is 1. The van der Waals surface area contributed by atoms with Crippen LogP contribution in [0.3, 0.4) is 0 Å². The van der Waals surface area contributed by atoms with Crippen LogP contribution in [0.2, 0.25) is 5.02 Å². The molecule has 11 heteroatoms. The van der Waals surface area contributed by atoms with Gasteiger partial charge >= 0.3 is 0 Å². The predicted molar refractivity (Wildman–Crippen MR) is 141 cm³/mol. The molecule has 1 atom stereocenters. The lowest BCUT2D eigenvalue weighted by Gasteiger charge is -2.36. The summed E-state index contributed by atoms with van der Waals surface area (Å²) in [4.78, 5) is 22.5. The normalized spacial score (nSPS) is 17.5. The van der Waals surface area contributed by atoms with Gasteiger partial charge in [0.1, 0.15) is 10.3 Å². The molecule has 0 saturated carbocycles. The average molecular weight is 541 g/mol. The number of amides is 1. The molecule has 1 aliphatic rings. The van der Waals surface area contributed by atoms with Crippen LogP contribution >= 0.6 is 34.3 Å². The second-order valence-electron chi connectivity index (χ2n) is 8.74. The van der Waals surface area contributed by atoms with Crippen molar-refractivity contribution in [2.45, 2.75) is 42.9 Å². The molecule has 184 valence electrons. The standard InChI is InChI=1S/C23H29ClN4O3S3/c1-16-10-11-17(24)21-20(16)25-23(33-21)27(13-7-12-26(2)3)22(29)18-8-4-5-14-28(18)34(30,31)19-9-6-15-32-19/h6,9-11,15,18H,4-5,7-8,12-14H2,1-3H3. The molecule has 2 aromatic heterocycles. The quantitative estimate of drug-likeness (QED) is 0.408. The van der Waals surface area contributed by atoms with Crippen molar-refractivity contribution >= 4 is 65.6 Å². The molecular formula is C23H29ClN4O3S3. The first-order valence-electron chi connectivity index (χ1n) is 11.3. The molecule has 1 unspecified atom stereocenters. The second-order valence-corrected chi connectivity index (χ2v) is 13.2. The number of benzene rings is 1. The number of fused-ring (bicyclic) bond motifs is 1. The average Bonchev–Trinajstić information content (AvgIpc) is 3.50. The molecule has 3 aromatic rings. The molecule has 7 nitrogen and oxygen atoms in total. The number of halogens is 1. The van der Waals surface area contributed by atoms with Gasteiger partial charge in [0.05, 0.1) is 15.2 Å². The molecule has 0 radical (unpaired) electrons. The van der Waals surface area contributed by atoms with Crippen molar-refractivity contribution in [3.63, 3.8) is 0 Å². The van der Waals surface area contributed by atoms with E-state index in [1.54, 1.807) is 22.4 Å². The summed E-state index contributed by atoms with van der Waals surface area (Å²) in [6.45, 7) is 3.57. The number of aromatic nitrogens is 1. The van der Waals surface area contributed by atoms with Crippen LogP contribution in [0, 0.1) is 6.92 Å². The largest absolute Gasteiger partial charge is 0.309 e. The minimum atomic E-state index is -3.74. The smallest absolute Gasteiger partial charge is 0.253 e. The molecule has 1 aromatic carbocycles. The number of carbonyl (C=O) groups excluding carboxylic acids is 1. The van der Waals surface area contributed by atoms with Crippen molar-refractivity contribution in [1.82, 2.24) is 14.2 Å². The monoisotopic (exact) mass is 540 g/mol. The maximum atomic E-state index is 14.0. The third-order valence-electron chi connectivity index (χ3n) is 5.97. The van der Waals surface area contributed by atoms with Crippen molar-refractivity contribution in [3.05, 3.63) is 40.2 Å². The van der Waals surface area contributed by atoms with E-state index in [0.717, 1.165) is 41.6 Å². The van der Waals surface area contributed by atoms with Crippen molar-refractivity contribution in [1.29, 1.82) is 0 Å². The Kier molecular flexibility index (Phi) is 7.95. The number of rotatable bonds is 8. The Hall–Kier alpha value is -1.56. The zero-order valence-electron chi connectivity index (χ0n) is 19.5. The van der Waals surface area contributed by atoms with Crippen LogP contribution in [0.25, 0.3) is 10.2 Å². The van der Waals surface area contributed by atoms with Crippen molar-refractivity contribution in [2.75, 3.05) is 38.6 Å². The minimum Gasteiger partial charge on any atom is -0.309 e. The van der Waals surface area contributed by atoms with Crippen molar-refractivity contribution < 1.29 is 13.2 Å². The van der Waals surface area contributed by atoms with Gasteiger partial charge in [0.15, 0.2) is 5.13 Å². The summed E-state index contributed by atoms with van der Waals surface area (Å²) >= 11 is 9.00. The Morgan fingerprint density at radius 3 is 2.71 bits per heavy atom. The Labute approximate surface area is 214 Å². The first kappa shape index (κ1) is 25.5. The Bertz CT molecular complexity index is 1220. The van der Waals surface area contributed by atoms with Gasteiger partial charge in [-0.2, -0.15) is 4.31 Å². The van der Waals surface area contributed by atoms with Crippen LogP contribution < -0.4 is 4.90 Å². The molecule has 34 heavy (non-hydrogen) atoms. The van der Waals surface area contributed by atoms with Crippen LogP contribution in [0.4, 0.5) is 5.13 Å². The second kappa shape index (κ2) is 10.6. The Balaban J connectivity index is 1.71. The number of carbonyl (C=O) groups is 1. The topological polar surface area (TPSA) is 73.8 Å². The van der Waals surface area contributed by atoms with Crippen LogP contribution in [-0.2, 0) is 14.8 Å². The van der Waals surface area contributed by atoms with Gasteiger partial charge in [-0.3, -0.25) is 9.69 Å². The SMILES string of the molecule is Cc1ccc(Cl)c2sc(N(CCCN(C)C)C(=O)C3CCCCN3S(=O)(=O)c3cccs3)nc12. The van der Waals surface area contributed by atoms with E-state index in [1.165, 1.54) is 27.0 Å². The van der Waals surface area contributed by atoms with E-state index in [2.05, 4.69) is 4.90 Å². The van der Waals surface area contributed by atoms with Gasteiger partial charge in [-0.05, 0) is 69.9 Å². The van der Waals surface area contributed by atoms with Gasteiger partial charge in [-0.25, -0.2) is 13.4 Å². The molecule has 4 rings (SSSR count). The zero-order valence-corrected chi connectivity index (χ0v) is 22.7. The number of aryl methyl sites for hydroxylation is 1. The van der Waals surface area contributed by atoms with Gasteiger partial charge in [0, 0.05) is 13.1 Å². The van der Waals surface area contributed by atoms with Crippen LogP contribution in [0.1, 0.15) is 31.2 Å². The van der Waals surface area contributed by atoms with Crippen LogP contribution in [0.15, 0.2) is 33.9 Å². The van der Waals surface area contributed by atoms with E-state index in [-0.39, 0.29) is 10.1 Å². The molecule has 3 heterocycles. The summed E-state index contributed by atoms with van der Waals surface area (Å²) in [5.41, 5.74) is 1.77. The Morgan fingerprint density at radius 1 is 1.24 bits per heavy atom. The number of sulfonamides is 1. The summed E-state index contributed by atoms with van der Waals surface area (Å²) in [6.07, 6.45) is 2.79. The maximum Gasteiger partial charge on any atom is 0.253 e. The number of hydrogen-bond donors (Lipinski definition) is 0. The highest BCUT2D eigenvalue weighted by Gasteiger charge is 2.40. The summed E-state index contributed by atoms with van der Waals surface area (Å²) in [7, 11) is 0.236. The summed E-state index contributed by atoms with van der Waals surface area (Å²) < 4.78 is 29.3. The highest BCUT2D eigenvalue weighted by atomic mass is 35.5. The molecule has 0 aliphatic carbocycles. The number of hydrogen-bond acceptors (Lipinski definition) is 7. The van der Waals surface area contributed by atoms with Crippen molar-refractivity contribution in [2.24, 2.45) is 0 Å². The van der Waals surface area contributed by atoms with Gasteiger partial charge < -0.3 is 4.90 Å². The maximum absolute atomic E-state index is 14.0. The summed E-state index contributed by atoms with van der Waals surface area (Å²) in [5, 5.41) is 2.91. The molecule has 0 bridgehead atoms. The molecule has 1 saturated heterocycles. The van der Waals surface area contributed by atoms with E-state index < -0.39 is 16.1 Å². The molecule has 0 spiro atoms. The van der Waals surface area contributed by atoms with Crippen molar-refractivity contribution in [3.8, 4) is 0 Å². The van der Waals surface area contributed by atoms with E-state index in [9.17, 15) is 13.2 Å². The molecular weight excluding hydrogens is 512 g/mol. The first-order valence-corrected chi connectivity index (χ1v) is 14.8. The van der Waals surface area contributed by atoms with E-state index >= 15 is 0 Å². The lowest BCUT2D eigenvalue weighted by Crippen LogP contribution is -2.53. The number of thiophene rings is 1. The van der Waals surface area contributed by atoms with Crippen LogP contribution in [0.5, 0.6) is 0 Å². The lowest BCUT2D eigenvalue weighted by atomic mass is 10.0. The lowest BCUT2D eigenvalue weighted by molar-refractivity contribution is -0.123. The number of piperidine rings is 1.